The summed E-state index contributed by atoms with van der Waals surface area (Å²) in [6.45, 7) is 0.757. The quantitative estimate of drug-likeness (QED) is 0.827. The van der Waals surface area contributed by atoms with Crippen molar-refractivity contribution in [2.24, 2.45) is 0 Å². The van der Waals surface area contributed by atoms with Gasteiger partial charge in [0.2, 0.25) is 0 Å². The Labute approximate surface area is 168 Å². The van der Waals surface area contributed by atoms with Crippen molar-refractivity contribution in [3.63, 3.8) is 0 Å². The number of anilines is 1. The van der Waals surface area contributed by atoms with Crippen molar-refractivity contribution in [3.8, 4) is 0 Å². The van der Waals surface area contributed by atoms with Crippen molar-refractivity contribution in [1.29, 1.82) is 0 Å². The Morgan fingerprint density at radius 1 is 1.28 bits per heavy atom. The lowest BCUT2D eigenvalue weighted by atomic mass is 9.92. The largest absolute Gasteiger partial charge is 0.391 e. The molecule has 2 N–H and O–H groups in total. The molecule has 1 aliphatic carbocycles. The van der Waals surface area contributed by atoms with Crippen LogP contribution in [0.5, 0.6) is 0 Å². The van der Waals surface area contributed by atoms with Crippen molar-refractivity contribution in [3.05, 3.63) is 58.3 Å². The number of nitrogens with zero attached hydrogens (tertiary/aromatic N) is 2. The fourth-order valence-electron chi connectivity index (χ4n) is 4.27. The number of aliphatic hydroxyl groups is 1. The standard InChI is InChI=1S/C22H25F2N3O2/c1-27-10-9-15-14(11-13-5-4-6-16(23)20(13)24)12-18(25-21(15)27)22(29)26-17-7-2-3-8-19(17)28/h4-6,12,17,19,28H,2-3,7-11H2,1H3,(H,26,29). The van der Waals surface area contributed by atoms with Crippen LogP contribution in [0.4, 0.5) is 14.6 Å². The van der Waals surface area contributed by atoms with E-state index in [2.05, 4.69) is 10.3 Å². The van der Waals surface area contributed by atoms with E-state index in [1.54, 1.807) is 12.1 Å². The molecule has 2 aliphatic rings. The number of carbonyl (C=O) groups excluding carboxylic acids is 1. The predicted molar refractivity (Wildman–Crippen MR) is 106 cm³/mol. The van der Waals surface area contributed by atoms with Gasteiger partial charge in [0, 0.05) is 25.6 Å². The van der Waals surface area contributed by atoms with Crippen LogP contribution in [0.25, 0.3) is 0 Å². The predicted octanol–water partition coefficient (Wildman–Crippen LogP) is 2.98. The number of halogens is 2. The molecular weight excluding hydrogens is 376 g/mol. The highest BCUT2D eigenvalue weighted by Crippen LogP contribution is 2.31. The van der Waals surface area contributed by atoms with Gasteiger partial charge in [-0.25, -0.2) is 13.8 Å². The summed E-state index contributed by atoms with van der Waals surface area (Å²) in [6.07, 6.45) is 3.72. The molecule has 2 atom stereocenters. The lowest BCUT2D eigenvalue weighted by molar-refractivity contribution is 0.0714. The average molecular weight is 401 g/mol. The molecule has 1 aromatic heterocycles. The number of likely N-dealkylation sites (N-methyl/N-ethyl adjacent to an activating group) is 1. The Kier molecular flexibility index (Phi) is 5.50. The van der Waals surface area contributed by atoms with E-state index in [0.29, 0.717) is 12.2 Å². The zero-order chi connectivity index (χ0) is 20.5. The number of aliphatic hydroxyl groups excluding tert-OH is 1. The number of pyridine rings is 1. The molecule has 1 amide bonds. The minimum Gasteiger partial charge on any atom is -0.391 e. The molecule has 29 heavy (non-hydrogen) atoms. The van der Waals surface area contributed by atoms with Gasteiger partial charge >= 0.3 is 0 Å². The van der Waals surface area contributed by atoms with Gasteiger partial charge in [-0.05, 0) is 42.5 Å². The minimum atomic E-state index is -0.880. The number of nitrogens with one attached hydrogen (secondary N) is 1. The van der Waals surface area contributed by atoms with E-state index in [1.165, 1.54) is 6.07 Å². The van der Waals surface area contributed by atoms with Crippen LogP contribution in [0, 0.1) is 11.6 Å². The molecule has 2 aromatic rings. The SMILES string of the molecule is CN1CCc2c(Cc3cccc(F)c3F)cc(C(=O)NC3CCCCC3O)nc21. The number of carbonyl (C=O) groups is 1. The molecule has 2 heterocycles. The third-order valence-corrected chi connectivity index (χ3v) is 5.94. The number of rotatable bonds is 4. The first-order valence-corrected chi connectivity index (χ1v) is 10.1. The Morgan fingerprint density at radius 3 is 2.86 bits per heavy atom. The second kappa shape index (κ2) is 8.06. The van der Waals surface area contributed by atoms with Gasteiger partial charge in [-0.1, -0.05) is 25.0 Å². The lowest BCUT2D eigenvalue weighted by Gasteiger charge is -2.28. The lowest BCUT2D eigenvalue weighted by Crippen LogP contribution is -2.45. The van der Waals surface area contributed by atoms with Crippen LogP contribution in [-0.4, -0.2) is 41.7 Å². The first kappa shape index (κ1) is 19.8. The molecular formula is C22H25F2N3O2. The zero-order valence-corrected chi connectivity index (χ0v) is 16.4. The molecule has 2 unspecified atom stereocenters. The molecule has 4 rings (SSSR count). The molecule has 154 valence electrons. The van der Waals surface area contributed by atoms with Gasteiger partial charge in [0.1, 0.15) is 11.5 Å². The molecule has 5 nitrogen and oxygen atoms in total. The number of amides is 1. The van der Waals surface area contributed by atoms with E-state index in [9.17, 15) is 18.7 Å². The molecule has 7 heteroatoms. The first-order valence-electron chi connectivity index (χ1n) is 10.1. The Hall–Kier alpha value is -2.54. The molecule has 1 fully saturated rings. The molecule has 1 saturated carbocycles. The molecule has 0 spiro atoms. The van der Waals surface area contributed by atoms with E-state index in [-0.39, 0.29) is 29.6 Å². The summed E-state index contributed by atoms with van der Waals surface area (Å²) in [5, 5.41) is 13.0. The van der Waals surface area contributed by atoms with Gasteiger partial charge in [-0.3, -0.25) is 4.79 Å². The van der Waals surface area contributed by atoms with Crippen LogP contribution >= 0.6 is 0 Å². The van der Waals surface area contributed by atoms with Gasteiger partial charge in [0.05, 0.1) is 12.1 Å². The van der Waals surface area contributed by atoms with E-state index in [4.69, 9.17) is 0 Å². The molecule has 1 aliphatic heterocycles. The van der Waals surface area contributed by atoms with Gasteiger partial charge in [-0.2, -0.15) is 0 Å². The third-order valence-electron chi connectivity index (χ3n) is 5.94. The second-order valence-corrected chi connectivity index (χ2v) is 7.96. The Balaban J connectivity index is 1.65. The average Bonchev–Trinajstić information content (AvgIpc) is 3.08. The van der Waals surface area contributed by atoms with Crippen LogP contribution in [0.2, 0.25) is 0 Å². The Morgan fingerprint density at radius 2 is 2.07 bits per heavy atom. The summed E-state index contributed by atoms with van der Waals surface area (Å²) in [4.78, 5) is 19.4. The fourth-order valence-corrected chi connectivity index (χ4v) is 4.27. The summed E-state index contributed by atoms with van der Waals surface area (Å²) < 4.78 is 27.9. The van der Waals surface area contributed by atoms with Crippen molar-refractivity contribution < 1.29 is 18.7 Å². The maximum absolute atomic E-state index is 14.2. The van der Waals surface area contributed by atoms with E-state index in [1.807, 2.05) is 11.9 Å². The summed E-state index contributed by atoms with van der Waals surface area (Å²) in [6, 6.07) is 5.53. The fraction of sp³-hybridized carbons (Fsp3) is 0.455. The summed E-state index contributed by atoms with van der Waals surface area (Å²) in [7, 11) is 1.90. The van der Waals surface area contributed by atoms with E-state index < -0.39 is 17.7 Å². The van der Waals surface area contributed by atoms with Crippen molar-refractivity contribution in [2.75, 3.05) is 18.5 Å². The molecule has 1 aromatic carbocycles. The monoisotopic (exact) mass is 401 g/mol. The summed E-state index contributed by atoms with van der Waals surface area (Å²) in [5.74, 6) is -1.39. The number of aromatic nitrogens is 1. The van der Waals surface area contributed by atoms with Crippen LogP contribution in [0.1, 0.15) is 52.9 Å². The first-order chi connectivity index (χ1) is 13.9. The maximum atomic E-state index is 14.2. The van der Waals surface area contributed by atoms with Gasteiger partial charge in [0.15, 0.2) is 11.6 Å². The molecule has 0 bridgehead atoms. The van der Waals surface area contributed by atoms with Crippen LogP contribution in [-0.2, 0) is 12.8 Å². The van der Waals surface area contributed by atoms with Crippen molar-refractivity contribution in [2.45, 2.75) is 50.7 Å². The molecule has 0 saturated heterocycles. The maximum Gasteiger partial charge on any atom is 0.270 e. The van der Waals surface area contributed by atoms with Gasteiger partial charge in [-0.15, -0.1) is 0 Å². The molecule has 0 radical (unpaired) electrons. The number of benzene rings is 1. The highest BCUT2D eigenvalue weighted by atomic mass is 19.2. The second-order valence-electron chi connectivity index (χ2n) is 7.96. The van der Waals surface area contributed by atoms with E-state index in [0.717, 1.165) is 49.4 Å². The topological polar surface area (TPSA) is 65.5 Å². The van der Waals surface area contributed by atoms with Gasteiger partial charge in [0.25, 0.3) is 5.91 Å². The third kappa shape index (κ3) is 3.96. The Bertz CT molecular complexity index is 935. The summed E-state index contributed by atoms with van der Waals surface area (Å²) >= 11 is 0. The normalized spacial score (nSPS) is 21.2. The van der Waals surface area contributed by atoms with Crippen molar-refractivity contribution >= 4 is 11.7 Å². The smallest absolute Gasteiger partial charge is 0.270 e. The van der Waals surface area contributed by atoms with Crippen LogP contribution in [0.15, 0.2) is 24.3 Å². The number of hydrogen-bond donors (Lipinski definition) is 2. The van der Waals surface area contributed by atoms with Crippen molar-refractivity contribution in [1.82, 2.24) is 10.3 Å². The zero-order valence-electron chi connectivity index (χ0n) is 16.4. The summed E-state index contributed by atoms with van der Waals surface area (Å²) in [5.41, 5.74) is 2.23. The highest BCUT2D eigenvalue weighted by molar-refractivity contribution is 5.93. The number of hydrogen-bond acceptors (Lipinski definition) is 4. The van der Waals surface area contributed by atoms with Crippen LogP contribution < -0.4 is 10.2 Å². The highest BCUT2D eigenvalue weighted by Gasteiger charge is 2.28. The van der Waals surface area contributed by atoms with E-state index >= 15 is 0 Å². The van der Waals surface area contributed by atoms with Gasteiger partial charge < -0.3 is 15.3 Å². The minimum absolute atomic E-state index is 0.189. The number of fused-ring (bicyclic) bond motifs is 1. The van der Waals surface area contributed by atoms with Crippen LogP contribution in [0.3, 0.4) is 0 Å².